The summed E-state index contributed by atoms with van der Waals surface area (Å²) in [5.41, 5.74) is 0. The first-order valence-corrected chi connectivity index (χ1v) is 6.05. The maximum Gasteiger partial charge on any atom is 0.298 e. The fourth-order valence-corrected chi connectivity index (χ4v) is 1.95. The minimum atomic E-state index is -0.0196. The number of rotatable bonds is 4. The van der Waals surface area contributed by atoms with Gasteiger partial charge in [-0.1, -0.05) is 19.8 Å². The van der Waals surface area contributed by atoms with Gasteiger partial charge in [0.1, 0.15) is 0 Å². The maximum atomic E-state index is 11.5. The smallest absolute Gasteiger partial charge is 0.298 e. The normalized spacial score (nSPS) is 19.8. The highest BCUT2D eigenvalue weighted by Gasteiger charge is 2.24. The lowest BCUT2D eigenvalue weighted by Gasteiger charge is -2.14. The highest BCUT2D eigenvalue weighted by Crippen LogP contribution is 2.15. The van der Waals surface area contributed by atoms with Gasteiger partial charge in [-0.15, -0.1) is 0 Å². The fraction of sp³-hybridized carbons (Fsp3) is 0.769. The van der Waals surface area contributed by atoms with Crippen LogP contribution in [0, 0.1) is 23.7 Å². The average Bonchev–Trinajstić information content (AvgIpc) is 2.66. The molecule has 0 aliphatic carbocycles. The summed E-state index contributed by atoms with van der Waals surface area (Å²) in [4.78, 5) is 13.4. The van der Waals surface area contributed by atoms with Crippen molar-refractivity contribution in [3.8, 4) is 11.8 Å². The van der Waals surface area contributed by atoms with Gasteiger partial charge in [0.2, 0.25) is 0 Å². The van der Waals surface area contributed by atoms with Gasteiger partial charge in [0.25, 0.3) is 5.91 Å². The second-order valence-electron chi connectivity index (χ2n) is 4.83. The lowest BCUT2D eigenvalue weighted by atomic mass is 10.1. The molecule has 0 radical (unpaired) electrons. The highest BCUT2D eigenvalue weighted by molar-refractivity contribution is 5.93. The van der Waals surface area contributed by atoms with E-state index in [1.54, 1.807) is 6.92 Å². The molecule has 90 valence electrons. The SMILES string of the molecule is CC#CC(=O)N1CC[C@H](CNCC(C)C)C1. The van der Waals surface area contributed by atoms with E-state index in [2.05, 4.69) is 31.0 Å². The number of carbonyl (C=O) groups is 1. The first-order valence-electron chi connectivity index (χ1n) is 6.05. The van der Waals surface area contributed by atoms with Crippen molar-refractivity contribution in [1.82, 2.24) is 10.2 Å². The first kappa shape index (κ1) is 13.1. The molecule has 1 atom stereocenters. The second kappa shape index (κ2) is 6.55. The minimum Gasteiger partial charge on any atom is -0.332 e. The molecular formula is C13H22N2O. The molecule has 1 saturated heterocycles. The summed E-state index contributed by atoms with van der Waals surface area (Å²) in [6.45, 7) is 9.90. The van der Waals surface area contributed by atoms with Gasteiger partial charge in [-0.05, 0) is 44.2 Å². The van der Waals surface area contributed by atoms with Crippen molar-refractivity contribution < 1.29 is 4.79 Å². The topological polar surface area (TPSA) is 32.3 Å². The molecule has 1 aliphatic rings. The zero-order valence-corrected chi connectivity index (χ0v) is 10.5. The largest absolute Gasteiger partial charge is 0.332 e. The molecule has 0 saturated carbocycles. The Morgan fingerprint density at radius 3 is 2.94 bits per heavy atom. The molecule has 3 heteroatoms. The van der Waals surface area contributed by atoms with Crippen molar-refractivity contribution in [3.05, 3.63) is 0 Å². The Morgan fingerprint density at radius 1 is 1.56 bits per heavy atom. The average molecular weight is 222 g/mol. The van der Waals surface area contributed by atoms with E-state index in [0.717, 1.165) is 32.6 Å². The molecule has 1 aliphatic heterocycles. The Kier molecular flexibility index (Phi) is 5.34. The Labute approximate surface area is 98.6 Å². The Balaban J connectivity index is 2.24. The van der Waals surface area contributed by atoms with E-state index in [1.165, 1.54) is 0 Å². The zero-order valence-electron chi connectivity index (χ0n) is 10.5. The lowest BCUT2D eigenvalue weighted by molar-refractivity contribution is -0.124. The molecule has 0 aromatic heterocycles. The van der Waals surface area contributed by atoms with E-state index in [9.17, 15) is 4.79 Å². The number of amides is 1. The van der Waals surface area contributed by atoms with E-state index in [4.69, 9.17) is 0 Å². The summed E-state index contributed by atoms with van der Waals surface area (Å²) in [7, 11) is 0. The van der Waals surface area contributed by atoms with Crippen LogP contribution in [0.2, 0.25) is 0 Å². The first-order chi connectivity index (χ1) is 7.63. The number of hydrogen-bond acceptors (Lipinski definition) is 2. The van der Waals surface area contributed by atoms with E-state index in [0.29, 0.717) is 11.8 Å². The Hall–Kier alpha value is -1.01. The van der Waals surface area contributed by atoms with Crippen LogP contribution in [-0.2, 0) is 4.79 Å². The molecule has 0 aromatic carbocycles. The summed E-state index contributed by atoms with van der Waals surface area (Å²) in [6, 6.07) is 0. The summed E-state index contributed by atoms with van der Waals surface area (Å²) < 4.78 is 0. The van der Waals surface area contributed by atoms with Crippen LogP contribution in [0.3, 0.4) is 0 Å². The van der Waals surface area contributed by atoms with Crippen LogP contribution in [0.25, 0.3) is 0 Å². The van der Waals surface area contributed by atoms with E-state index in [-0.39, 0.29) is 5.91 Å². The zero-order chi connectivity index (χ0) is 12.0. The van der Waals surface area contributed by atoms with Gasteiger partial charge >= 0.3 is 0 Å². The quantitative estimate of drug-likeness (QED) is 0.723. The highest BCUT2D eigenvalue weighted by atomic mass is 16.2. The molecule has 16 heavy (non-hydrogen) atoms. The fourth-order valence-electron chi connectivity index (χ4n) is 1.95. The van der Waals surface area contributed by atoms with Crippen LogP contribution in [-0.4, -0.2) is 37.0 Å². The molecule has 0 spiro atoms. The number of nitrogens with one attached hydrogen (secondary N) is 1. The van der Waals surface area contributed by atoms with Crippen LogP contribution in [0.5, 0.6) is 0 Å². The molecule has 0 unspecified atom stereocenters. The molecule has 1 N–H and O–H groups in total. The molecule has 1 rings (SSSR count). The minimum absolute atomic E-state index is 0.0196. The molecule has 1 fully saturated rings. The van der Waals surface area contributed by atoms with E-state index >= 15 is 0 Å². The molecule has 3 nitrogen and oxygen atoms in total. The van der Waals surface area contributed by atoms with Crippen molar-refractivity contribution in [2.24, 2.45) is 11.8 Å². The van der Waals surface area contributed by atoms with Crippen molar-refractivity contribution in [2.75, 3.05) is 26.2 Å². The van der Waals surface area contributed by atoms with Crippen molar-refractivity contribution in [3.63, 3.8) is 0 Å². The van der Waals surface area contributed by atoms with Crippen molar-refractivity contribution >= 4 is 5.91 Å². The van der Waals surface area contributed by atoms with Crippen molar-refractivity contribution in [2.45, 2.75) is 27.2 Å². The van der Waals surface area contributed by atoms with E-state index < -0.39 is 0 Å². The van der Waals surface area contributed by atoms with Gasteiger partial charge in [0, 0.05) is 13.1 Å². The van der Waals surface area contributed by atoms with Gasteiger partial charge in [0.15, 0.2) is 0 Å². The van der Waals surface area contributed by atoms with Crippen LogP contribution in [0.4, 0.5) is 0 Å². The van der Waals surface area contributed by atoms with Crippen LogP contribution in [0.15, 0.2) is 0 Å². The molecule has 0 aromatic rings. The number of nitrogens with zero attached hydrogens (tertiary/aromatic N) is 1. The van der Waals surface area contributed by atoms with Crippen LogP contribution in [0.1, 0.15) is 27.2 Å². The summed E-state index contributed by atoms with van der Waals surface area (Å²) >= 11 is 0. The summed E-state index contributed by atoms with van der Waals surface area (Å²) in [6.07, 6.45) is 1.10. The third-order valence-corrected chi connectivity index (χ3v) is 2.79. The number of hydrogen-bond donors (Lipinski definition) is 1. The summed E-state index contributed by atoms with van der Waals surface area (Å²) in [5.74, 6) is 6.52. The lowest BCUT2D eigenvalue weighted by Crippen LogP contribution is -2.31. The molecular weight excluding hydrogens is 200 g/mol. The van der Waals surface area contributed by atoms with Gasteiger partial charge in [-0.25, -0.2) is 0 Å². The maximum absolute atomic E-state index is 11.5. The second-order valence-corrected chi connectivity index (χ2v) is 4.83. The van der Waals surface area contributed by atoms with Crippen LogP contribution >= 0.6 is 0 Å². The third kappa shape index (κ3) is 4.24. The Bertz CT molecular complexity index is 288. The van der Waals surface area contributed by atoms with Gasteiger partial charge in [0.05, 0.1) is 0 Å². The molecule has 1 heterocycles. The number of carbonyl (C=O) groups excluding carboxylic acids is 1. The van der Waals surface area contributed by atoms with Crippen molar-refractivity contribution in [1.29, 1.82) is 0 Å². The van der Waals surface area contributed by atoms with Gasteiger partial charge in [-0.2, -0.15) is 0 Å². The monoisotopic (exact) mass is 222 g/mol. The number of likely N-dealkylation sites (tertiary alicyclic amines) is 1. The predicted octanol–water partition coefficient (Wildman–Crippen LogP) is 1.10. The standard InChI is InChI=1S/C13H22N2O/c1-4-5-13(16)15-7-6-12(10-15)9-14-8-11(2)3/h11-12,14H,6-10H2,1-3H3/t12-/m1/s1. The van der Waals surface area contributed by atoms with Gasteiger partial charge < -0.3 is 10.2 Å². The van der Waals surface area contributed by atoms with Gasteiger partial charge in [-0.3, -0.25) is 4.79 Å². The Morgan fingerprint density at radius 2 is 2.31 bits per heavy atom. The molecule has 1 amide bonds. The third-order valence-electron chi connectivity index (χ3n) is 2.79. The van der Waals surface area contributed by atoms with Crippen LogP contribution < -0.4 is 5.32 Å². The molecule has 0 bridgehead atoms. The summed E-state index contributed by atoms with van der Waals surface area (Å²) in [5, 5.41) is 3.44. The van der Waals surface area contributed by atoms with E-state index in [1.807, 2.05) is 4.90 Å². The predicted molar refractivity (Wildman–Crippen MR) is 65.8 cm³/mol.